The Balaban J connectivity index is -0.000000250. The molecule has 13 heavy (non-hydrogen) atoms. The highest BCUT2D eigenvalue weighted by atomic mass is 35.5. The van der Waals surface area contributed by atoms with Crippen LogP contribution in [0.5, 0.6) is 0 Å². The molecule has 0 saturated carbocycles. The summed E-state index contributed by atoms with van der Waals surface area (Å²) < 4.78 is 0. The summed E-state index contributed by atoms with van der Waals surface area (Å²) in [4.78, 5) is 7.07. The number of nitrogens with zero attached hydrogens (tertiary/aromatic N) is 1. The summed E-state index contributed by atoms with van der Waals surface area (Å²) in [5.41, 5.74) is 2.12. The van der Waals surface area contributed by atoms with Crippen LogP contribution in [0.15, 0.2) is 30.6 Å². The second-order valence-electron chi connectivity index (χ2n) is 1.92. The highest BCUT2D eigenvalue weighted by Crippen LogP contribution is 2.05. The fourth-order valence-electron chi connectivity index (χ4n) is 0.880. The maximum absolute atomic E-state index is 4.06. The SMILES string of the molecule is Cl.Cl.F.[Si].c1ccc2[nH]cnc2c1. The number of halogens is 3. The molecule has 2 aromatic rings. The van der Waals surface area contributed by atoms with Gasteiger partial charge in [-0.15, -0.1) is 24.8 Å². The molecule has 0 fully saturated rings. The molecular weight excluding hydrogens is 230 g/mol. The minimum absolute atomic E-state index is 0. The predicted octanol–water partition coefficient (Wildman–Crippen LogP) is 2.18. The maximum atomic E-state index is 4.06. The number of hydrogen-bond donors (Lipinski definition) is 1. The van der Waals surface area contributed by atoms with Crippen LogP contribution in [0.3, 0.4) is 0 Å². The van der Waals surface area contributed by atoms with E-state index < -0.39 is 0 Å². The molecule has 0 aliphatic carbocycles. The van der Waals surface area contributed by atoms with Gasteiger partial charge in [-0.3, -0.25) is 4.70 Å². The van der Waals surface area contributed by atoms with Crippen LogP contribution in [0.4, 0.5) is 4.70 Å². The smallest absolute Gasteiger partial charge is 0.0931 e. The number of nitrogens with one attached hydrogen (secondary N) is 1. The van der Waals surface area contributed by atoms with E-state index in [4.69, 9.17) is 0 Å². The van der Waals surface area contributed by atoms with Crippen molar-refractivity contribution in [3.63, 3.8) is 0 Å². The average molecular weight is 239 g/mol. The number of imidazole rings is 1. The van der Waals surface area contributed by atoms with Crippen molar-refractivity contribution < 1.29 is 4.70 Å². The van der Waals surface area contributed by atoms with Gasteiger partial charge in [0.1, 0.15) is 0 Å². The lowest BCUT2D eigenvalue weighted by atomic mass is 10.3. The van der Waals surface area contributed by atoms with E-state index in [0.29, 0.717) is 0 Å². The zero-order chi connectivity index (χ0) is 6.10. The number of para-hydroxylation sites is 2. The minimum atomic E-state index is 0. The van der Waals surface area contributed by atoms with Gasteiger partial charge in [-0.1, -0.05) is 12.1 Å². The lowest BCUT2D eigenvalue weighted by Crippen LogP contribution is -1.63. The Morgan fingerprint density at radius 1 is 1.08 bits per heavy atom. The molecule has 1 heterocycles. The third kappa shape index (κ3) is 3.76. The van der Waals surface area contributed by atoms with Crippen LogP contribution in [0.25, 0.3) is 11.0 Å². The van der Waals surface area contributed by atoms with E-state index in [1.807, 2.05) is 24.3 Å². The van der Waals surface area contributed by atoms with Crippen molar-refractivity contribution in [1.29, 1.82) is 0 Å². The van der Waals surface area contributed by atoms with Gasteiger partial charge in [-0.05, 0) is 12.1 Å². The molecule has 0 bridgehead atoms. The van der Waals surface area contributed by atoms with Crippen LogP contribution in [-0.2, 0) is 0 Å². The summed E-state index contributed by atoms with van der Waals surface area (Å²) in [6.07, 6.45) is 1.70. The van der Waals surface area contributed by atoms with Crippen molar-refractivity contribution >= 4 is 46.8 Å². The topological polar surface area (TPSA) is 28.7 Å². The minimum Gasteiger partial charge on any atom is -0.345 e. The van der Waals surface area contributed by atoms with Gasteiger partial charge >= 0.3 is 0 Å². The second kappa shape index (κ2) is 8.04. The monoisotopic (exact) mass is 238 g/mol. The number of aromatic nitrogens is 2. The van der Waals surface area contributed by atoms with E-state index in [2.05, 4.69) is 9.97 Å². The van der Waals surface area contributed by atoms with Gasteiger partial charge in [0.2, 0.25) is 0 Å². The van der Waals surface area contributed by atoms with Crippen molar-refractivity contribution in [2.75, 3.05) is 0 Å². The standard InChI is InChI=1S/C7H6N2.2ClH.FH.Si/c1-2-4-7-6(3-1)8-5-9-7;;;;/h1-5H,(H,8,9);3*1H;. The lowest BCUT2D eigenvalue weighted by molar-refractivity contribution is 1.11. The van der Waals surface area contributed by atoms with E-state index in [-0.39, 0.29) is 40.5 Å². The van der Waals surface area contributed by atoms with Gasteiger partial charge in [0, 0.05) is 11.0 Å². The second-order valence-corrected chi connectivity index (χ2v) is 1.92. The van der Waals surface area contributed by atoms with Crippen LogP contribution in [-0.4, -0.2) is 20.9 Å². The third-order valence-corrected chi connectivity index (χ3v) is 1.33. The Morgan fingerprint density at radius 2 is 1.69 bits per heavy atom. The number of aromatic amines is 1. The van der Waals surface area contributed by atoms with Crippen molar-refractivity contribution in [3.05, 3.63) is 30.6 Å². The van der Waals surface area contributed by atoms with E-state index in [9.17, 15) is 0 Å². The van der Waals surface area contributed by atoms with Crippen LogP contribution < -0.4 is 0 Å². The largest absolute Gasteiger partial charge is 0.345 e. The Kier molecular flexibility index (Phi) is 11.3. The normalized spacial score (nSPS) is 7.08. The average Bonchev–Trinajstić information content (AvgIpc) is 2.33. The maximum Gasteiger partial charge on any atom is 0.0931 e. The van der Waals surface area contributed by atoms with E-state index in [1.165, 1.54) is 0 Å². The van der Waals surface area contributed by atoms with Crippen molar-refractivity contribution in [2.24, 2.45) is 0 Å². The fraction of sp³-hybridized carbons (Fsp3) is 0. The van der Waals surface area contributed by atoms with Gasteiger partial charge in [0.05, 0.1) is 17.4 Å². The highest BCUT2D eigenvalue weighted by molar-refractivity contribution is 5.85. The molecule has 1 aromatic carbocycles. The molecule has 0 amide bonds. The number of rotatable bonds is 0. The summed E-state index contributed by atoms with van der Waals surface area (Å²) in [6.45, 7) is 0. The first kappa shape index (κ1) is 18.3. The molecule has 0 spiro atoms. The van der Waals surface area contributed by atoms with Gasteiger partial charge in [0.15, 0.2) is 0 Å². The molecule has 0 aliphatic rings. The Hall–Kier alpha value is -0.583. The van der Waals surface area contributed by atoms with Gasteiger partial charge in [0.25, 0.3) is 0 Å². The molecular formula is C7H9Cl2FN2Si. The molecule has 6 heteroatoms. The fourth-order valence-corrected chi connectivity index (χ4v) is 0.880. The summed E-state index contributed by atoms with van der Waals surface area (Å²) in [5.74, 6) is 0. The summed E-state index contributed by atoms with van der Waals surface area (Å²) >= 11 is 0. The van der Waals surface area contributed by atoms with E-state index >= 15 is 0 Å². The van der Waals surface area contributed by atoms with Crippen molar-refractivity contribution in [1.82, 2.24) is 9.97 Å². The van der Waals surface area contributed by atoms with Gasteiger partial charge < -0.3 is 4.98 Å². The van der Waals surface area contributed by atoms with E-state index in [0.717, 1.165) is 11.0 Å². The number of benzene rings is 1. The molecule has 0 unspecified atom stereocenters. The lowest BCUT2D eigenvalue weighted by Gasteiger charge is -1.81. The Morgan fingerprint density at radius 3 is 2.31 bits per heavy atom. The van der Waals surface area contributed by atoms with Gasteiger partial charge in [-0.2, -0.15) is 0 Å². The van der Waals surface area contributed by atoms with Gasteiger partial charge in [-0.25, -0.2) is 4.98 Å². The quantitative estimate of drug-likeness (QED) is 0.701. The molecule has 4 radical (unpaired) electrons. The Bertz CT molecular complexity index is 298. The molecule has 1 N–H and O–H groups in total. The highest BCUT2D eigenvalue weighted by Gasteiger charge is 1.88. The number of hydrogen-bond acceptors (Lipinski definition) is 1. The molecule has 1 aromatic heterocycles. The first-order valence-electron chi connectivity index (χ1n) is 2.85. The zero-order valence-corrected chi connectivity index (χ0v) is 9.19. The zero-order valence-electron chi connectivity index (χ0n) is 6.56. The molecule has 2 rings (SSSR count). The van der Waals surface area contributed by atoms with Crippen LogP contribution >= 0.6 is 24.8 Å². The van der Waals surface area contributed by atoms with Crippen molar-refractivity contribution in [3.8, 4) is 0 Å². The molecule has 2 nitrogen and oxygen atoms in total. The molecule has 0 saturated heterocycles. The third-order valence-electron chi connectivity index (χ3n) is 1.33. The predicted molar refractivity (Wildman–Crippen MR) is 58.8 cm³/mol. The summed E-state index contributed by atoms with van der Waals surface area (Å²) in [6, 6.07) is 7.94. The van der Waals surface area contributed by atoms with Crippen LogP contribution in [0, 0.1) is 0 Å². The molecule has 0 atom stereocenters. The van der Waals surface area contributed by atoms with Crippen LogP contribution in [0.1, 0.15) is 0 Å². The van der Waals surface area contributed by atoms with Crippen LogP contribution in [0.2, 0.25) is 0 Å². The molecule has 72 valence electrons. The first-order chi connectivity index (χ1) is 4.47. The summed E-state index contributed by atoms with van der Waals surface area (Å²) in [7, 11) is 0. The van der Waals surface area contributed by atoms with Crippen molar-refractivity contribution in [2.45, 2.75) is 0 Å². The Labute approximate surface area is 92.4 Å². The van der Waals surface area contributed by atoms with E-state index in [1.54, 1.807) is 6.33 Å². The summed E-state index contributed by atoms with van der Waals surface area (Å²) in [5, 5.41) is 0. The number of fused-ring (bicyclic) bond motifs is 1. The molecule has 0 aliphatic heterocycles. The number of H-pyrrole nitrogens is 1. The first-order valence-corrected chi connectivity index (χ1v) is 2.85.